The average molecular weight is 327 g/mol. The Morgan fingerprint density at radius 3 is 2.53 bits per heavy atom. The smallest absolute Gasteiger partial charge is 0.134 e. The number of aromatic nitrogens is 2. The van der Waals surface area contributed by atoms with Crippen LogP contribution in [0.3, 0.4) is 0 Å². The molecule has 0 aromatic carbocycles. The predicted octanol–water partition coefficient (Wildman–Crippen LogP) is 3.26. The van der Waals surface area contributed by atoms with Gasteiger partial charge in [0.25, 0.3) is 0 Å². The molecule has 0 atom stereocenters. The van der Waals surface area contributed by atoms with Crippen LogP contribution in [0.5, 0.6) is 0 Å². The fourth-order valence-electron chi connectivity index (χ4n) is 2.41. The van der Waals surface area contributed by atoms with E-state index in [-0.39, 0.29) is 0 Å². The largest absolute Gasteiger partial charge is 0.368 e. The molecule has 0 bridgehead atoms. The number of hydrogen-bond donors (Lipinski definition) is 1. The molecule has 1 saturated carbocycles. The highest BCUT2D eigenvalue weighted by molar-refractivity contribution is 9.10. The van der Waals surface area contributed by atoms with E-state index in [1.807, 2.05) is 6.07 Å². The Labute approximate surface area is 124 Å². The lowest BCUT2D eigenvalue weighted by Crippen LogP contribution is -2.54. The summed E-state index contributed by atoms with van der Waals surface area (Å²) in [5.74, 6) is 2.13. The van der Waals surface area contributed by atoms with Crippen LogP contribution in [-0.2, 0) is 0 Å². The maximum atomic E-state index is 4.58. The van der Waals surface area contributed by atoms with Gasteiger partial charge in [-0.15, -0.1) is 0 Å². The molecular weight excluding hydrogens is 304 g/mol. The third-order valence-electron chi connectivity index (χ3n) is 4.06. The highest BCUT2D eigenvalue weighted by Gasteiger charge is 2.38. The van der Waals surface area contributed by atoms with Crippen LogP contribution in [0.25, 0.3) is 0 Å². The molecule has 1 fully saturated rings. The Balaban J connectivity index is 2.07. The Morgan fingerprint density at radius 2 is 2.05 bits per heavy atom. The summed E-state index contributed by atoms with van der Waals surface area (Å²) in [7, 11) is 4.33. The summed E-state index contributed by atoms with van der Waals surface area (Å²) in [5, 5.41) is 3.48. The van der Waals surface area contributed by atoms with Crippen LogP contribution in [0.2, 0.25) is 0 Å². The molecule has 1 heterocycles. The van der Waals surface area contributed by atoms with E-state index in [1.54, 1.807) is 0 Å². The molecule has 0 spiro atoms. The number of nitrogens with zero attached hydrogens (tertiary/aromatic N) is 3. The number of anilines is 1. The van der Waals surface area contributed by atoms with E-state index in [0.717, 1.165) is 22.8 Å². The van der Waals surface area contributed by atoms with Crippen molar-refractivity contribution in [3.8, 4) is 0 Å². The van der Waals surface area contributed by atoms with Gasteiger partial charge in [-0.25, -0.2) is 9.97 Å². The van der Waals surface area contributed by atoms with Gasteiger partial charge in [-0.05, 0) is 49.3 Å². The van der Waals surface area contributed by atoms with Crippen molar-refractivity contribution in [2.24, 2.45) is 0 Å². The zero-order chi connectivity index (χ0) is 14.0. The molecule has 106 valence electrons. The van der Waals surface area contributed by atoms with Crippen LogP contribution in [0.1, 0.15) is 44.9 Å². The maximum Gasteiger partial charge on any atom is 0.134 e. The van der Waals surface area contributed by atoms with Gasteiger partial charge in [-0.2, -0.15) is 0 Å². The highest BCUT2D eigenvalue weighted by atomic mass is 79.9. The summed E-state index contributed by atoms with van der Waals surface area (Å²) >= 11 is 3.46. The van der Waals surface area contributed by atoms with Gasteiger partial charge in [0.1, 0.15) is 16.2 Å². The molecule has 1 aromatic rings. The fraction of sp³-hybridized carbons (Fsp3) is 0.714. The summed E-state index contributed by atoms with van der Waals surface area (Å²) in [5.41, 5.74) is 0.301. The number of rotatable bonds is 5. The van der Waals surface area contributed by atoms with Crippen LogP contribution in [0.4, 0.5) is 5.82 Å². The fourth-order valence-corrected chi connectivity index (χ4v) is 2.80. The summed E-state index contributed by atoms with van der Waals surface area (Å²) in [6, 6.07) is 1.95. The molecule has 19 heavy (non-hydrogen) atoms. The monoisotopic (exact) mass is 326 g/mol. The molecule has 0 aliphatic heterocycles. The average Bonchev–Trinajstić information content (AvgIpc) is 2.26. The van der Waals surface area contributed by atoms with Crippen molar-refractivity contribution < 1.29 is 0 Å². The lowest BCUT2D eigenvalue weighted by molar-refractivity contribution is 0.0738. The molecule has 0 unspecified atom stereocenters. The van der Waals surface area contributed by atoms with E-state index < -0.39 is 0 Å². The van der Waals surface area contributed by atoms with Gasteiger partial charge in [0, 0.05) is 24.1 Å². The van der Waals surface area contributed by atoms with E-state index in [2.05, 4.69) is 64.1 Å². The lowest BCUT2D eigenvalue weighted by atomic mass is 9.75. The Kier molecular flexibility index (Phi) is 4.46. The Bertz CT molecular complexity index is 441. The minimum Gasteiger partial charge on any atom is -0.368 e. The molecule has 1 aromatic heterocycles. The van der Waals surface area contributed by atoms with Crippen LogP contribution in [-0.4, -0.2) is 41.0 Å². The van der Waals surface area contributed by atoms with E-state index in [4.69, 9.17) is 0 Å². The van der Waals surface area contributed by atoms with Crippen molar-refractivity contribution in [1.82, 2.24) is 14.9 Å². The summed E-state index contributed by atoms with van der Waals surface area (Å²) < 4.78 is 0.848. The van der Waals surface area contributed by atoms with Crippen molar-refractivity contribution in [3.63, 3.8) is 0 Å². The molecule has 0 saturated heterocycles. The van der Waals surface area contributed by atoms with E-state index in [9.17, 15) is 0 Å². The van der Waals surface area contributed by atoms with Crippen molar-refractivity contribution in [1.29, 1.82) is 0 Å². The predicted molar refractivity (Wildman–Crippen MR) is 82.6 cm³/mol. The molecule has 1 N–H and O–H groups in total. The first-order valence-corrected chi connectivity index (χ1v) is 7.68. The molecule has 5 heteroatoms. The van der Waals surface area contributed by atoms with Crippen molar-refractivity contribution >= 4 is 21.7 Å². The molecule has 0 amide bonds. The van der Waals surface area contributed by atoms with E-state index in [0.29, 0.717) is 11.5 Å². The van der Waals surface area contributed by atoms with Gasteiger partial charge in [-0.3, -0.25) is 0 Å². The minimum atomic E-state index is 0.301. The first-order chi connectivity index (χ1) is 8.93. The molecule has 2 rings (SSSR count). The normalized spacial score (nSPS) is 17.6. The number of nitrogens with one attached hydrogen (secondary N) is 1. The lowest BCUT2D eigenvalue weighted by Gasteiger charge is -2.47. The second kappa shape index (κ2) is 5.75. The summed E-state index contributed by atoms with van der Waals surface area (Å²) in [4.78, 5) is 11.3. The van der Waals surface area contributed by atoms with Gasteiger partial charge < -0.3 is 10.2 Å². The first kappa shape index (κ1) is 14.7. The molecule has 1 aliphatic rings. The Morgan fingerprint density at radius 1 is 1.37 bits per heavy atom. The third-order valence-corrected chi connectivity index (χ3v) is 4.47. The van der Waals surface area contributed by atoms with Crippen molar-refractivity contribution in [2.75, 3.05) is 26.0 Å². The standard InChI is InChI=1S/C14H23BrN4/c1-10(2)13-17-11(15)8-12(18-13)16-9-14(19(3)4)6-5-7-14/h8,10H,5-7,9H2,1-4H3,(H,16,17,18). The third kappa shape index (κ3) is 3.26. The van der Waals surface area contributed by atoms with Crippen LogP contribution in [0.15, 0.2) is 10.7 Å². The summed E-state index contributed by atoms with van der Waals surface area (Å²) in [6.07, 6.45) is 3.84. The van der Waals surface area contributed by atoms with Gasteiger partial charge in [-0.1, -0.05) is 13.8 Å². The van der Waals surface area contributed by atoms with Gasteiger partial charge in [0.15, 0.2) is 0 Å². The quantitative estimate of drug-likeness (QED) is 0.843. The van der Waals surface area contributed by atoms with Gasteiger partial charge in [0.2, 0.25) is 0 Å². The Hall–Kier alpha value is -0.680. The van der Waals surface area contributed by atoms with Crippen LogP contribution >= 0.6 is 15.9 Å². The molecular formula is C14H23BrN4. The minimum absolute atomic E-state index is 0.301. The van der Waals surface area contributed by atoms with Crippen LogP contribution in [0, 0.1) is 0 Å². The van der Waals surface area contributed by atoms with Gasteiger partial charge >= 0.3 is 0 Å². The number of halogens is 1. The molecule has 1 aliphatic carbocycles. The highest BCUT2D eigenvalue weighted by Crippen LogP contribution is 2.36. The number of hydrogen-bond acceptors (Lipinski definition) is 4. The summed E-state index contributed by atoms with van der Waals surface area (Å²) in [6.45, 7) is 5.17. The zero-order valence-corrected chi connectivity index (χ0v) is 13.8. The molecule has 0 radical (unpaired) electrons. The van der Waals surface area contributed by atoms with E-state index >= 15 is 0 Å². The molecule has 4 nitrogen and oxygen atoms in total. The second-order valence-electron chi connectivity index (χ2n) is 5.91. The topological polar surface area (TPSA) is 41.1 Å². The van der Waals surface area contributed by atoms with E-state index in [1.165, 1.54) is 19.3 Å². The first-order valence-electron chi connectivity index (χ1n) is 6.89. The van der Waals surface area contributed by atoms with Crippen LogP contribution < -0.4 is 5.32 Å². The van der Waals surface area contributed by atoms with Crippen molar-refractivity contribution in [3.05, 3.63) is 16.5 Å². The zero-order valence-electron chi connectivity index (χ0n) is 12.2. The number of likely N-dealkylation sites (N-methyl/N-ethyl adjacent to an activating group) is 1. The SMILES string of the molecule is CC(C)c1nc(Br)cc(NCC2(N(C)C)CCC2)n1. The van der Waals surface area contributed by atoms with Crippen molar-refractivity contribution in [2.45, 2.75) is 44.6 Å². The maximum absolute atomic E-state index is 4.58. The second-order valence-corrected chi connectivity index (χ2v) is 6.73. The van der Waals surface area contributed by atoms with Gasteiger partial charge in [0.05, 0.1) is 0 Å².